The van der Waals surface area contributed by atoms with E-state index in [1.165, 1.54) is 0 Å². The molecular weight excluding hydrogens is 399 g/mol. The van der Waals surface area contributed by atoms with Crippen LogP contribution < -0.4 is 11.1 Å². The maximum absolute atomic E-state index is 11.6. The molecule has 2 rings (SSSR count). The lowest BCUT2D eigenvalue weighted by atomic mass is 10.1. The quantitative estimate of drug-likeness (QED) is 0.345. The number of aliphatic hydroxyl groups excluding tert-OH is 1. The number of aliphatic imine (C=N–C) groups is 1. The molecule has 2 fully saturated rings. The molecule has 22 heavy (non-hydrogen) atoms. The monoisotopic (exact) mass is 426 g/mol. The molecule has 0 spiro atoms. The summed E-state index contributed by atoms with van der Waals surface area (Å²) in [7, 11) is 0. The van der Waals surface area contributed by atoms with Crippen molar-refractivity contribution in [3.8, 4) is 0 Å². The Bertz CT molecular complexity index is 394. The van der Waals surface area contributed by atoms with E-state index in [2.05, 4.69) is 10.3 Å². The highest BCUT2D eigenvalue weighted by atomic mass is 127. The molecule has 7 nitrogen and oxygen atoms in total. The highest BCUT2D eigenvalue weighted by molar-refractivity contribution is 14.0. The summed E-state index contributed by atoms with van der Waals surface area (Å²) >= 11 is 0. The van der Waals surface area contributed by atoms with Crippen LogP contribution in [0.15, 0.2) is 4.99 Å². The van der Waals surface area contributed by atoms with Crippen LogP contribution in [0.1, 0.15) is 32.6 Å². The lowest BCUT2D eigenvalue weighted by Gasteiger charge is -2.31. The highest BCUT2D eigenvalue weighted by Gasteiger charge is 2.41. The number of piperidine rings is 1. The van der Waals surface area contributed by atoms with E-state index in [0.29, 0.717) is 32.2 Å². The molecule has 0 aromatic rings. The van der Waals surface area contributed by atoms with Gasteiger partial charge in [0, 0.05) is 24.5 Å². The van der Waals surface area contributed by atoms with Gasteiger partial charge in [-0.15, -0.1) is 24.0 Å². The number of likely N-dealkylation sites (tertiary alicyclic amines) is 1. The molecule has 1 amide bonds. The normalized spacial score (nSPS) is 21.0. The van der Waals surface area contributed by atoms with Gasteiger partial charge in [-0.3, -0.25) is 4.99 Å². The number of halogens is 1. The van der Waals surface area contributed by atoms with Crippen LogP contribution in [0, 0.1) is 5.41 Å². The molecule has 0 aromatic carbocycles. The molecule has 4 N–H and O–H groups in total. The van der Waals surface area contributed by atoms with Gasteiger partial charge in [-0.05, 0) is 32.6 Å². The summed E-state index contributed by atoms with van der Waals surface area (Å²) in [6.07, 6.45) is 3.48. The highest BCUT2D eigenvalue weighted by Crippen LogP contribution is 2.45. The third-order valence-corrected chi connectivity index (χ3v) is 4.25. The summed E-state index contributed by atoms with van der Waals surface area (Å²) in [5.74, 6) is 0.435. The summed E-state index contributed by atoms with van der Waals surface area (Å²) in [5, 5.41) is 12.4. The van der Waals surface area contributed by atoms with Crippen molar-refractivity contribution in [3.63, 3.8) is 0 Å². The summed E-state index contributed by atoms with van der Waals surface area (Å²) < 4.78 is 4.99. The number of nitrogens with two attached hydrogens (primary N) is 1. The van der Waals surface area contributed by atoms with Gasteiger partial charge >= 0.3 is 6.09 Å². The van der Waals surface area contributed by atoms with Crippen molar-refractivity contribution in [3.05, 3.63) is 0 Å². The minimum Gasteiger partial charge on any atom is -0.450 e. The second kappa shape index (κ2) is 8.76. The smallest absolute Gasteiger partial charge is 0.409 e. The zero-order valence-electron chi connectivity index (χ0n) is 13.1. The Morgan fingerprint density at radius 3 is 2.59 bits per heavy atom. The minimum atomic E-state index is -0.240. The minimum absolute atomic E-state index is 0. The number of hydrogen-bond donors (Lipinski definition) is 3. The number of carbonyl (C=O) groups excluding carboxylic acids is 1. The van der Waals surface area contributed by atoms with Crippen LogP contribution in [-0.4, -0.2) is 60.9 Å². The molecule has 8 heteroatoms. The van der Waals surface area contributed by atoms with Gasteiger partial charge in [0.05, 0.1) is 19.8 Å². The van der Waals surface area contributed by atoms with Crippen molar-refractivity contribution in [1.82, 2.24) is 10.2 Å². The molecule has 0 bridgehead atoms. The summed E-state index contributed by atoms with van der Waals surface area (Å²) in [6.45, 7) is 4.33. The first-order valence-electron chi connectivity index (χ1n) is 7.67. The maximum Gasteiger partial charge on any atom is 0.409 e. The number of nitrogens with zero attached hydrogens (tertiary/aromatic N) is 2. The van der Waals surface area contributed by atoms with Crippen molar-refractivity contribution < 1.29 is 14.6 Å². The largest absolute Gasteiger partial charge is 0.450 e. The summed E-state index contributed by atoms with van der Waals surface area (Å²) in [6, 6.07) is 0.240. The molecule has 1 saturated carbocycles. The van der Waals surface area contributed by atoms with E-state index in [9.17, 15) is 9.90 Å². The van der Waals surface area contributed by atoms with Gasteiger partial charge in [-0.1, -0.05) is 0 Å². The molecule has 1 heterocycles. The Balaban J connectivity index is 0.00000242. The number of rotatable bonds is 5. The Labute approximate surface area is 148 Å². The van der Waals surface area contributed by atoms with E-state index in [1.54, 1.807) is 4.90 Å². The van der Waals surface area contributed by atoms with Gasteiger partial charge in [0.1, 0.15) is 0 Å². The number of hydrogen-bond acceptors (Lipinski definition) is 4. The van der Waals surface area contributed by atoms with Gasteiger partial charge in [0.2, 0.25) is 0 Å². The maximum atomic E-state index is 11.6. The van der Waals surface area contributed by atoms with Crippen molar-refractivity contribution in [1.29, 1.82) is 0 Å². The zero-order valence-corrected chi connectivity index (χ0v) is 15.4. The van der Waals surface area contributed by atoms with E-state index < -0.39 is 0 Å². The average Bonchev–Trinajstić information content (AvgIpc) is 3.27. The second-order valence-corrected chi connectivity index (χ2v) is 5.96. The molecule has 1 aliphatic carbocycles. The lowest BCUT2D eigenvalue weighted by Crippen LogP contribution is -2.48. The number of guanidine groups is 1. The summed E-state index contributed by atoms with van der Waals surface area (Å²) in [4.78, 5) is 17.6. The van der Waals surface area contributed by atoms with Gasteiger partial charge in [0.25, 0.3) is 0 Å². The van der Waals surface area contributed by atoms with Crippen LogP contribution >= 0.6 is 24.0 Å². The molecule has 0 aromatic heterocycles. The number of carbonyl (C=O) groups is 1. The van der Waals surface area contributed by atoms with E-state index in [1.807, 2.05) is 6.92 Å². The third-order valence-electron chi connectivity index (χ3n) is 4.25. The SMILES string of the molecule is CCOC(=O)N1CCC(NC(N)=NCC2(CO)CC2)CC1.I. The molecular formula is C14H27IN4O3. The van der Waals surface area contributed by atoms with Crippen molar-refractivity contribution in [2.75, 3.05) is 32.8 Å². The van der Waals surface area contributed by atoms with Crippen LogP contribution in [0.4, 0.5) is 4.79 Å². The molecule has 1 aliphatic heterocycles. The predicted octanol–water partition coefficient (Wildman–Crippen LogP) is 0.902. The van der Waals surface area contributed by atoms with Gasteiger partial charge in [0.15, 0.2) is 5.96 Å². The first-order chi connectivity index (χ1) is 10.1. The molecule has 0 atom stereocenters. The fourth-order valence-electron chi connectivity index (χ4n) is 2.47. The van der Waals surface area contributed by atoms with Crippen LogP contribution in [0.2, 0.25) is 0 Å². The first-order valence-corrected chi connectivity index (χ1v) is 7.67. The number of aliphatic hydroxyl groups is 1. The van der Waals surface area contributed by atoms with E-state index in [4.69, 9.17) is 10.5 Å². The average molecular weight is 426 g/mol. The zero-order chi connectivity index (χ0) is 15.3. The Kier molecular flexibility index (Phi) is 7.67. The van der Waals surface area contributed by atoms with Crippen LogP contribution in [0.3, 0.4) is 0 Å². The van der Waals surface area contributed by atoms with Gasteiger partial charge < -0.3 is 25.8 Å². The standard InChI is InChI=1S/C14H26N4O3.HI/c1-2-21-13(20)18-7-3-11(4-8-18)17-12(15)16-9-14(10-19)5-6-14;/h11,19H,2-10H2,1H3,(H3,15,16,17);1H. The van der Waals surface area contributed by atoms with E-state index in [0.717, 1.165) is 25.7 Å². The molecule has 1 saturated heterocycles. The molecule has 0 radical (unpaired) electrons. The van der Waals surface area contributed by atoms with Gasteiger partial charge in [-0.2, -0.15) is 0 Å². The topological polar surface area (TPSA) is 100 Å². The number of ether oxygens (including phenoxy) is 1. The lowest BCUT2D eigenvalue weighted by molar-refractivity contribution is 0.0963. The van der Waals surface area contributed by atoms with Crippen molar-refractivity contribution in [2.45, 2.75) is 38.6 Å². The fraction of sp³-hybridized carbons (Fsp3) is 0.857. The number of nitrogens with one attached hydrogen (secondary N) is 1. The van der Waals surface area contributed by atoms with E-state index in [-0.39, 0.29) is 48.1 Å². The number of amides is 1. The Morgan fingerprint density at radius 2 is 2.09 bits per heavy atom. The Morgan fingerprint density at radius 1 is 1.45 bits per heavy atom. The first kappa shape index (κ1) is 19.3. The van der Waals surface area contributed by atoms with Crippen molar-refractivity contribution >= 4 is 36.0 Å². The second-order valence-electron chi connectivity index (χ2n) is 5.96. The fourth-order valence-corrected chi connectivity index (χ4v) is 2.47. The summed E-state index contributed by atoms with van der Waals surface area (Å²) in [5.41, 5.74) is 5.87. The Hall–Kier alpha value is -0.770. The van der Waals surface area contributed by atoms with Crippen LogP contribution in [0.5, 0.6) is 0 Å². The molecule has 2 aliphatic rings. The van der Waals surface area contributed by atoms with Crippen LogP contribution in [0.25, 0.3) is 0 Å². The van der Waals surface area contributed by atoms with Crippen molar-refractivity contribution in [2.24, 2.45) is 16.1 Å². The predicted molar refractivity (Wildman–Crippen MR) is 95.4 cm³/mol. The molecule has 128 valence electrons. The van der Waals surface area contributed by atoms with E-state index >= 15 is 0 Å². The molecule has 0 unspecified atom stereocenters. The van der Waals surface area contributed by atoms with Gasteiger partial charge in [-0.25, -0.2) is 4.79 Å². The van der Waals surface area contributed by atoms with Crippen LogP contribution in [-0.2, 0) is 4.74 Å². The third kappa shape index (κ3) is 5.45.